The van der Waals surface area contributed by atoms with Gasteiger partial charge in [-0.15, -0.1) is 0 Å². The third-order valence-corrected chi connectivity index (χ3v) is 31.6. The number of hydrogen-bond donors (Lipinski definition) is 0. The first kappa shape index (κ1) is 75.1. The third-order valence-electron chi connectivity index (χ3n) is 31.6. The zero-order valence-corrected chi connectivity index (χ0v) is 75.1. The number of hydrogen-bond acceptors (Lipinski definition) is 12. The zero-order chi connectivity index (χ0) is 90.7. The molecule has 16 aromatic heterocycles. The molecule has 28 aromatic rings. The van der Waals surface area contributed by atoms with Crippen LogP contribution in [0, 0.1) is 0 Å². The molecular weight excluding hydrogens is 1710 g/mol. The Morgan fingerprint density at radius 2 is 0.457 bits per heavy atom. The van der Waals surface area contributed by atoms with Crippen molar-refractivity contribution >= 4 is 154 Å². The Bertz CT molecular complexity index is 9460. The van der Waals surface area contributed by atoms with Gasteiger partial charge in [0, 0.05) is 117 Å². The topological polar surface area (TPSA) is 172 Å². The fourth-order valence-corrected chi connectivity index (χ4v) is 25.7. The van der Waals surface area contributed by atoms with E-state index >= 15 is 0 Å². The minimum Gasteiger partial charge on any atom is -0.289 e. The number of fused-ring (bicyclic) bond motifs is 60. The Labute approximate surface area is 796 Å². The van der Waals surface area contributed by atoms with E-state index in [-0.39, 0.29) is 0 Å². The lowest BCUT2D eigenvalue weighted by atomic mass is 9.97. The molecule has 0 atom stereocenters. The zero-order valence-electron chi connectivity index (χ0n) is 75.1. The minimum absolute atomic E-state index is 0.895. The second-order valence-corrected chi connectivity index (χ2v) is 38.8. The smallest absolute Gasteiger partial charge is 0.165 e. The van der Waals surface area contributed by atoms with Crippen LogP contribution in [0.3, 0.4) is 0 Å². The van der Waals surface area contributed by atoms with Crippen molar-refractivity contribution in [2.24, 2.45) is 0 Å². The number of pyridine rings is 12. The lowest BCUT2D eigenvalue weighted by Crippen LogP contribution is -1.95. The average Bonchev–Trinajstić information content (AvgIpc) is 1.55. The van der Waals surface area contributed by atoms with Gasteiger partial charge in [-0.2, -0.15) is 0 Å². The molecule has 0 aliphatic heterocycles. The van der Waals surface area contributed by atoms with E-state index in [9.17, 15) is 0 Å². The van der Waals surface area contributed by atoms with Crippen LogP contribution < -0.4 is 0 Å². The van der Waals surface area contributed by atoms with Gasteiger partial charge in [0.25, 0.3) is 0 Å². The Morgan fingerprint density at radius 1 is 0.171 bits per heavy atom. The maximum atomic E-state index is 5.16. The Kier molecular flexibility index (Phi) is 14.9. The van der Waals surface area contributed by atoms with Crippen molar-refractivity contribution in [3.8, 4) is 89.0 Å². The van der Waals surface area contributed by atoms with Crippen LogP contribution in [0.1, 0.15) is 89.0 Å². The van der Waals surface area contributed by atoms with Gasteiger partial charge in [0.15, 0.2) is 5.65 Å². The summed E-state index contributed by atoms with van der Waals surface area (Å²) in [7, 11) is 0. The molecule has 0 amide bonds. The molecule has 0 bridgehead atoms. The lowest BCUT2D eigenvalue weighted by Gasteiger charge is -2.10. The average molecular weight is 1790 g/mol. The largest absolute Gasteiger partial charge is 0.289 e. The van der Waals surface area contributed by atoms with Gasteiger partial charge in [0.05, 0.1) is 82.8 Å². The molecule has 0 radical (unpaired) electrons. The number of aromatic nitrogens is 16. The summed E-state index contributed by atoms with van der Waals surface area (Å²) in [4.78, 5) is 57.8. The van der Waals surface area contributed by atoms with E-state index in [1.165, 1.54) is 195 Å². The van der Waals surface area contributed by atoms with Gasteiger partial charge in [-0.25, -0.2) is 19.9 Å². The highest BCUT2D eigenvalue weighted by molar-refractivity contribution is 6.19. The summed E-state index contributed by atoms with van der Waals surface area (Å²) in [6, 6.07) is 101. The van der Waals surface area contributed by atoms with Crippen LogP contribution in [0.15, 0.2) is 341 Å². The molecule has 0 unspecified atom stereocenters. The van der Waals surface area contributed by atoms with Gasteiger partial charge >= 0.3 is 0 Å². The first-order chi connectivity index (χ1) is 69.4. The summed E-state index contributed by atoms with van der Waals surface area (Å²) in [5.74, 6) is 0. The molecule has 648 valence electrons. The Hall–Kier alpha value is -18.3. The van der Waals surface area contributed by atoms with E-state index in [4.69, 9.17) is 44.9 Å². The van der Waals surface area contributed by atoms with Gasteiger partial charge in [-0.05, 0) is 365 Å². The normalized spacial score (nSPS) is 13.5. The molecule has 16 nitrogen and oxygen atoms in total. The van der Waals surface area contributed by atoms with Gasteiger partial charge in [0.2, 0.25) is 0 Å². The molecule has 36 rings (SSSR count). The van der Waals surface area contributed by atoms with Crippen molar-refractivity contribution < 1.29 is 0 Å². The maximum absolute atomic E-state index is 5.16. The molecule has 16 heteroatoms. The summed E-state index contributed by atoms with van der Waals surface area (Å²) in [5.41, 5.74) is 66.7. The van der Waals surface area contributed by atoms with Crippen molar-refractivity contribution in [1.82, 2.24) is 77.4 Å². The SMILES string of the molecule is c1ccc2c(c1)Cc1cc3c(cc1-2)Cc1ccc2nc4c5cccnc5c5ncccc5n4c2c1-3.c1ccc2c(c1)Cc1cc3c(cc1-2)Cc1ccc2nc4c5ccncc5c5ncccc5n4c2c1-3.c1ccc2c(c1)Cc1cc3c(cc1-2)Cc1ccc2nc4c5cnccc5c5ncccc5n4c2c1-3.c1ccc2c(c1)Cc1cc3c(cc1-2)Cc1ccc2nc4c5ncccc5c5ncccc5n4c2c1-3. The molecule has 0 fully saturated rings. The molecule has 0 spiro atoms. The van der Waals surface area contributed by atoms with Crippen LogP contribution in [-0.4, -0.2) is 77.4 Å². The molecular formula is C124H72N16. The lowest BCUT2D eigenvalue weighted by molar-refractivity contribution is 1.24. The van der Waals surface area contributed by atoms with Crippen molar-refractivity contribution in [2.45, 2.75) is 51.4 Å². The van der Waals surface area contributed by atoms with Crippen molar-refractivity contribution in [1.29, 1.82) is 0 Å². The number of imidazole rings is 4. The van der Waals surface area contributed by atoms with E-state index in [1.54, 1.807) is 0 Å². The van der Waals surface area contributed by atoms with Crippen LogP contribution in [0.5, 0.6) is 0 Å². The first-order valence-corrected chi connectivity index (χ1v) is 48.2. The van der Waals surface area contributed by atoms with Crippen LogP contribution in [-0.2, 0) is 51.4 Å². The predicted molar refractivity (Wildman–Crippen MR) is 559 cm³/mol. The summed E-state index contributed by atoms with van der Waals surface area (Å²) < 4.78 is 9.26. The summed E-state index contributed by atoms with van der Waals surface area (Å²) in [6.45, 7) is 0. The molecule has 0 saturated heterocycles. The van der Waals surface area contributed by atoms with Gasteiger partial charge in [-0.3, -0.25) is 57.5 Å². The van der Waals surface area contributed by atoms with Crippen LogP contribution >= 0.6 is 0 Å². The van der Waals surface area contributed by atoms with Crippen molar-refractivity contribution in [3.63, 3.8) is 0 Å². The van der Waals surface area contributed by atoms with E-state index in [0.29, 0.717) is 0 Å². The van der Waals surface area contributed by atoms with Gasteiger partial charge in [-0.1, -0.05) is 121 Å². The second-order valence-electron chi connectivity index (χ2n) is 38.8. The summed E-state index contributed by atoms with van der Waals surface area (Å²) in [6.07, 6.45) is 26.4. The fraction of sp³-hybridized carbons (Fsp3) is 0.0645. The summed E-state index contributed by atoms with van der Waals surface area (Å²) in [5, 5.41) is 6.32. The molecule has 8 aliphatic rings. The molecule has 0 N–H and O–H groups in total. The van der Waals surface area contributed by atoms with Crippen LogP contribution in [0.25, 0.3) is 243 Å². The quantitative estimate of drug-likeness (QED) is 0.132. The highest BCUT2D eigenvalue weighted by atomic mass is 15.1. The monoisotopic (exact) mass is 1780 g/mol. The molecule has 8 aliphatic carbocycles. The standard InChI is InChI=1S/4C31H18N4/c1-2-6-21-17(5-1)13-19-16-24-20(15-23(19)21)14-18-9-10-25-30(27(18)24)35-26-8-4-12-33-29(26)28-22(31(35)34-25)7-3-11-32-28;1-2-6-21-17(5-1)13-19-16-24-20(15-23(19)21)14-18-9-10-25-30(27(18)24)35-26-8-4-12-32-28(26)22-7-3-11-33-29(22)31(35)34-25;1-2-5-21-17(4-1)12-19-15-24-20(14-23(19)21)13-18-7-8-26-30(28(18)24)35-27-6-3-10-33-29(27)25-16-32-11-9-22(25)31(35)34-26;1-2-5-21-17(4-1)12-19-15-24-20(14-23(19)21)13-18-7-8-26-30(28(18)24)35-27-6-3-10-33-29(27)22-9-11-32-16-25(22)31(35)34-26/h2*1-12,15-16H,13-14H2;2*1-11,14-16H,12-13H2. The van der Waals surface area contributed by atoms with Crippen molar-refractivity contribution in [3.05, 3.63) is 430 Å². The molecule has 16 heterocycles. The van der Waals surface area contributed by atoms with Gasteiger partial charge in [0.1, 0.15) is 33.5 Å². The fourth-order valence-electron chi connectivity index (χ4n) is 25.7. The van der Waals surface area contributed by atoms with Crippen LogP contribution in [0.4, 0.5) is 0 Å². The number of rotatable bonds is 0. The van der Waals surface area contributed by atoms with E-state index in [2.05, 4.69) is 269 Å². The second kappa shape index (κ2) is 27.7. The predicted octanol–water partition coefficient (Wildman–Crippen LogP) is 26.9. The van der Waals surface area contributed by atoms with Crippen LogP contribution in [0.2, 0.25) is 0 Å². The number of benzene rings is 12. The first-order valence-electron chi connectivity index (χ1n) is 48.2. The van der Waals surface area contributed by atoms with E-state index in [0.717, 1.165) is 189 Å². The third kappa shape index (κ3) is 10.3. The molecule has 140 heavy (non-hydrogen) atoms. The van der Waals surface area contributed by atoms with Crippen molar-refractivity contribution in [2.75, 3.05) is 0 Å². The number of nitrogens with zero attached hydrogens (tertiary/aromatic N) is 16. The maximum Gasteiger partial charge on any atom is 0.165 e. The van der Waals surface area contributed by atoms with E-state index in [1.807, 2.05) is 104 Å². The highest BCUT2D eigenvalue weighted by Gasteiger charge is 2.36. The summed E-state index contributed by atoms with van der Waals surface area (Å²) >= 11 is 0. The Balaban J connectivity index is 0.0000000829. The molecule has 12 aromatic carbocycles. The minimum atomic E-state index is 0.895. The molecule has 0 saturated carbocycles. The van der Waals surface area contributed by atoms with E-state index < -0.39 is 0 Å². The highest BCUT2D eigenvalue weighted by Crippen LogP contribution is 2.55. The Morgan fingerprint density at radius 3 is 0.871 bits per heavy atom. The van der Waals surface area contributed by atoms with Gasteiger partial charge < -0.3 is 0 Å².